The Morgan fingerprint density at radius 2 is 1.94 bits per heavy atom. The van der Waals surface area contributed by atoms with Crippen LogP contribution in [0.4, 0.5) is 5.82 Å². The minimum Gasteiger partial charge on any atom is -0.462 e. The van der Waals surface area contributed by atoms with Crippen molar-refractivity contribution in [3.8, 4) is 0 Å². The summed E-state index contributed by atoms with van der Waals surface area (Å²) in [6.45, 7) is 4.75. The van der Waals surface area contributed by atoms with E-state index >= 15 is 0 Å². The van der Waals surface area contributed by atoms with E-state index in [-0.39, 0.29) is 36.5 Å². The Balaban J connectivity index is 1.14. The maximum atomic E-state index is 13.0. The van der Waals surface area contributed by atoms with Gasteiger partial charge in [0.2, 0.25) is 11.8 Å². The third kappa shape index (κ3) is 5.25. The van der Waals surface area contributed by atoms with Crippen LogP contribution in [0.5, 0.6) is 0 Å². The van der Waals surface area contributed by atoms with Crippen molar-refractivity contribution in [2.75, 3.05) is 51.2 Å². The molecule has 0 aliphatic carbocycles. The number of nitrogens with one attached hydrogen (secondary N) is 1. The number of carbonyl (C=O) groups is 2. The first kappa shape index (κ1) is 24.7. The fourth-order valence-corrected chi connectivity index (χ4v) is 5.79. The van der Waals surface area contributed by atoms with E-state index in [9.17, 15) is 14.7 Å². The van der Waals surface area contributed by atoms with Gasteiger partial charge in [-0.3, -0.25) is 19.4 Å². The molecule has 2 aromatic rings. The van der Waals surface area contributed by atoms with Crippen LogP contribution in [0.3, 0.4) is 0 Å². The van der Waals surface area contributed by atoms with Crippen LogP contribution in [0.1, 0.15) is 30.8 Å². The topological polar surface area (TPSA) is 105 Å². The molecular weight excluding hydrogens is 460 g/mol. The third-order valence-electron chi connectivity index (χ3n) is 7.88. The molecule has 0 radical (unpaired) electrons. The molecule has 2 aromatic heterocycles. The smallest absolute Gasteiger partial charge is 0.239 e. The zero-order valence-corrected chi connectivity index (χ0v) is 20.9. The molecule has 10 heteroatoms. The Morgan fingerprint density at radius 3 is 2.67 bits per heavy atom. The van der Waals surface area contributed by atoms with Crippen LogP contribution in [0.15, 0.2) is 40.9 Å². The molecule has 0 aromatic carbocycles. The van der Waals surface area contributed by atoms with Crippen molar-refractivity contribution >= 4 is 17.6 Å². The number of hydrogen-bond donors (Lipinski definition) is 2. The molecule has 3 saturated heterocycles. The number of amides is 2. The number of nitrogens with zero attached hydrogens (tertiary/aromatic N) is 5. The first-order valence-electron chi connectivity index (χ1n) is 12.9. The van der Waals surface area contributed by atoms with E-state index in [0.29, 0.717) is 38.4 Å². The van der Waals surface area contributed by atoms with E-state index in [1.165, 1.54) is 0 Å². The second-order valence-corrected chi connectivity index (χ2v) is 9.96. The number of aliphatic hydroxyl groups is 1. The summed E-state index contributed by atoms with van der Waals surface area (Å²) >= 11 is 0. The van der Waals surface area contributed by atoms with E-state index in [1.54, 1.807) is 12.3 Å². The van der Waals surface area contributed by atoms with E-state index < -0.39 is 0 Å². The minimum atomic E-state index is -0.252. The van der Waals surface area contributed by atoms with Gasteiger partial charge in [-0.15, -0.1) is 0 Å². The SMILES string of the molecule is CN1[C@@H](CCC(=O)N2CCN(c3ccccn3)CC2)CNC(=O)[C@@H]2[C@H]1CCN2Cc1ccc(CO)o1. The summed E-state index contributed by atoms with van der Waals surface area (Å²) in [4.78, 5) is 39.1. The van der Waals surface area contributed by atoms with Crippen LogP contribution >= 0.6 is 0 Å². The molecule has 0 unspecified atom stereocenters. The summed E-state index contributed by atoms with van der Waals surface area (Å²) < 4.78 is 5.66. The fraction of sp³-hybridized carbons (Fsp3) is 0.577. The summed E-state index contributed by atoms with van der Waals surface area (Å²) in [5.41, 5.74) is 0. The predicted molar refractivity (Wildman–Crippen MR) is 134 cm³/mol. The molecule has 3 fully saturated rings. The average molecular weight is 497 g/mol. The molecule has 5 heterocycles. The fourth-order valence-electron chi connectivity index (χ4n) is 5.79. The van der Waals surface area contributed by atoms with E-state index in [0.717, 1.165) is 44.1 Å². The van der Waals surface area contributed by atoms with E-state index in [2.05, 4.69) is 32.0 Å². The van der Waals surface area contributed by atoms with Crippen LogP contribution < -0.4 is 10.2 Å². The number of hydrogen-bond acceptors (Lipinski definition) is 8. The van der Waals surface area contributed by atoms with Crippen molar-refractivity contribution in [3.05, 3.63) is 48.0 Å². The zero-order chi connectivity index (χ0) is 25.1. The van der Waals surface area contributed by atoms with Gasteiger partial charge in [-0.1, -0.05) is 6.07 Å². The number of fused-ring (bicyclic) bond motifs is 1. The molecule has 0 bridgehead atoms. The minimum absolute atomic E-state index is 0.0396. The average Bonchev–Trinajstić information content (AvgIpc) is 3.53. The number of likely N-dealkylation sites (tertiary alicyclic amines) is 1. The van der Waals surface area contributed by atoms with Gasteiger partial charge in [-0.05, 0) is 44.2 Å². The summed E-state index contributed by atoms with van der Waals surface area (Å²) in [6.07, 6.45) is 3.89. The highest BCUT2D eigenvalue weighted by Crippen LogP contribution is 2.29. The lowest BCUT2D eigenvalue weighted by Crippen LogP contribution is -2.50. The molecule has 2 N–H and O–H groups in total. The number of piperazine rings is 1. The first-order valence-corrected chi connectivity index (χ1v) is 12.9. The van der Waals surface area contributed by atoms with E-state index in [1.807, 2.05) is 29.2 Å². The van der Waals surface area contributed by atoms with Gasteiger partial charge in [0.15, 0.2) is 0 Å². The van der Waals surface area contributed by atoms with Crippen molar-refractivity contribution in [1.29, 1.82) is 0 Å². The van der Waals surface area contributed by atoms with Crippen molar-refractivity contribution in [1.82, 2.24) is 25.0 Å². The standard InChI is InChI=1S/C26H36N6O4/c1-29-19(5-8-24(34)31-14-12-30(13-15-31)23-4-2-3-10-27-23)16-28-26(35)25-22(29)9-11-32(25)17-20-6-7-21(18-33)36-20/h2-4,6-7,10,19,22,25,33H,5,8-9,11-18H2,1H3,(H,28,35)/t19-,22+,25-/m0/s1. The molecule has 3 aliphatic heterocycles. The van der Waals surface area contributed by atoms with Gasteiger partial charge in [-0.25, -0.2) is 4.98 Å². The van der Waals surface area contributed by atoms with Crippen LogP contribution in [0.25, 0.3) is 0 Å². The number of pyridine rings is 1. The number of carbonyl (C=O) groups excluding carboxylic acids is 2. The van der Waals surface area contributed by atoms with Gasteiger partial charge in [0, 0.05) is 64.0 Å². The van der Waals surface area contributed by atoms with Crippen molar-refractivity contribution in [3.63, 3.8) is 0 Å². The Hall–Kier alpha value is -2.95. The second-order valence-electron chi connectivity index (χ2n) is 9.96. The summed E-state index contributed by atoms with van der Waals surface area (Å²) in [5.74, 6) is 2.47. The largest absolute Gasteiger partial charge is 0.462 e. The Kier molecular flexibility index (Phi) is 7.54. The maximum Gasteiger partial charge on any atom is 0.239 e. The summed E-state index contributed by atoms with van der Waals surface area (Å²) in [7, 11) is 2.08. The summed E-state index contributed by atoms with van der Waals surface area (Å²) in [5, 5.41) is 12.4. The van der Waals surface area contributed by atoms with Crippen LogP contribution in [0.2, 0.25) is 0 Å². The lowest BCUT2D eigenvalue weighted by Gasteiger charge is -2.36. The highest BCUT2D eigenvalue weighted by atomic mass is 16.4. The lowest BCUT2D eigenvalue weighted by atomic mass is 10.0. The number of anilines is 1. The molecule has 3 aliphatic rings. The van der Waals surface area contributed by atoms with Crippen molar-refractivity contribution in [2.45, 2.75) is 50.5 Å². The highest BCUT2D eigenvalue weighted by molar-refractivity contribution is 5.83. The maximum absolute atomic E-state index is 13.0. The van der Waals surface area contributed by atoms with Crippen LogP contribution in [0, 0.1) is 0 Å². The monoisotopic (exact) mass is 496 g/mol. The zero-order valence-electron chi connectivity index (χ0n) is 20.9. The molecule has 3 atom stereocenters. The molecule has 0 saturated carbocycles. The normalized spacial score (nSPS) is 25.5. The van der Waals surface area contributed by atoms with Crippen LogP contribution in [-0.4, -0.2) is 101 Å². The molecule has 5 rings (SSSR count). The quantitative estimate of drug-likeness (QED) is 0.576. The van der Waals surface area contributed by atoms with Gasteiger partial charge in [-0.2, -0.15) is 0 Å². The van der Waals surface area contributed by atoms with Gasteiger partial charge < -0.3 is 24.6 Å². The molecular formula is C26H36N6O4. The van der Waals surface area contributed by atoms with E-state index in [4.69, 9.17) is 4.42 Å². The highest BCUT2D eigenvalue weighted by Gasteiger charge is 2.45. The number of aliphatic hydroxyl groups excluding tert-OH is 1. The van der Waals surface area contributed by atoms with Gasteiger partial charge >= 0.3 is 0 Å². The number of rotatable bonds is 7. The molecule has 10 nitrogen and oxygen atoms in total. The molecule has 0 spiro atoms. The van der Waals surface area contributed by atoms with Gasteiger partial charge in [0.05, 0.1) is 6.54 Å². The first-order chi connectivity index (χ1) is 17.5. The number of aromatic nitrogens is 1. The van der Waals surface area contributed by atoms with Gasteiger partial charge in [0.25, 0.3) is 0 Å². The molecule has 194 valence electrons. The van der Waals surface area contributed by atoms with Gasteiger partial charge in [0.1, 0.15) is 30.0 Å². The number of likely N-dealkylation sites (N-methyl/N-ethyl adjacent to an activating group) is 1. The predicted octanol–water partition coefficient (Wildman–Crippen LogP) is 0.669. The Morgan fingerprint density at radius 1 is 1.14 bits per heavy atom. The Bertz CT molecular complexity index is 1040. The molecule has 36 heavy (non-hydrogen) atoms. The second kappa shape index (κ2) is 11.0. The van der Waals surface area contributed by atoms with Crippen molar-refractivity contribution in [2.24, 2.45) is 0 Å². The Labute approximate surface area is 211 Å². The van der Waals surface area contributed by atoms with Crippen LogP contribution in [-0.2, 0) is 22.7 Å². The summed E-state index contributed by atoms with van der Waals surface area (Å²) in [6, 6.07) is 9.50. The number of furan rings is 1. The van der Waals surface area contributed by atoms with Crippen molar-refractivity contribution < 1.29 is 19.1 Å². The lowest BCUT2D eigenvalue weighted by molar-refractivity contribution is -0.132. The third-order valence-corrected chi connectivity index (χ3v) is 7.88. The molecule has 2 amide bonds.